The molecule has 1 aromatic carbocycles. The molecule has 0 fully saturated rings. The Morgan fingerprint density at radius 3 is 2.37 bits per heavy atom. The molecule has 1 rings (SSSR count). The van der Waals surface area contributed by atoms with Crippen LogP contribution in [-0.4, -0.2) is 27.2 Å². The molecule has 0 aliphatic heterocycles. The summed E-state index contributed by atoms with van der Waals surface area (Å²) in [5.74, 6) is 0.338. The molecule has 0 aromatic heterocycles. The van der Waals surface area contributed by atoms with Crippen LogP contribution >= 0.6 is 11.8 Å². The summed E-state index contributed by atoms with van der Waals surface area (Å²) in [5, 5.41) is 19.6. The lowest BCUT2D eigenvalue weighted by molar-refractivity contribution is -0.109. The van der Waals surface area contributed by atoms with Crippen LogP contribution in [0.1, 0.15) is 37.0 Å². The smallest absolute Gasteiger partial charge is 0.264 e. The summed E-state index contributed by atoms with van der Waals surface area (Å²) in [5.41, 5.74) is -0.258. The number of carbonyl (C=O) groups is 1. The van der Waals surface area contributed by atoms with Gasteiger partial charge in [0.15, 0.2) is 5.12 Å². The van der Waals surface area contributed by atoms with Gasteiger partial charge in [0.05, 0.1) is 6.10 Å². The molecule has 0 saturated carbocycles. The van der Waals surface area contributed by atoms with Crippen LogP contribution in [0.15, 0.2) is 24.3 Å². The molecule has 2 unspecified atom stereocenters. The zero-order valence-corrected chi connectivity index (χ0v) is 11.2. The van der Waals surface area contributed by atoms with Gasteiger partial charge in [0.1, 0.15) is 6.10 Å². The van der Waals surface area contributed by atoms with Gasteiger partial charge in [-0.3, -0.25) is 4.79 Å². The topological polar surface area (TPSA) is 57.5 Å². The van der Waals surface area contributed by atoms with Crippen molar-refractivity contribution < 1.29 is 23.8 Å². The normalized spacial score (nSPS) is 14.4. The highest BCUT2D eigenvalue weighted by molar-refractivity contribution is 8.13. The van der Waals surface area contributed by atoms with Gasteiger partial charge in [0, 0.05) is 18.2 Å². The maximum absolute atomic E-state index is 12.8. The largest absolute Gasteiger partial charge is 0.390 e. The molecule has 19 heavy (non-hydrogen) atoms. The van der Waals surface area contributed by atoms with E-state index in [-0.39, 0.29) is 22.7 Å². The molecule has 106 valence electrons. The second kappa shape index (κ2) is 7.57. The molecule has 0 saturated heterocycles. The number of aliphatic hydroxyl groups is 2. The van der Waals surface area contributed by atoms with Gasteiger partial charge in [-0.15, -0.1) is 0 Å². The van der Waals surface area contributed by atoms with Crippen molar-refractivity contribution in [1.82, 2.24) is 0 Å². The molecule has 0 heterocycles. The maximum atomic E-state index is 12.8. The highest BCUT2D eigenvalue weighted by atomic mass is 32.2. The van der Waals surface area contributed by atoms with Crippen molar-refractivity contribution in [2.75, 3.05) is 5.75 Å². The number of carbonyl (C=O) groups excluding carboxylic acids is 1. The van der Waals surface area contributed by atoms with Crippen LogP contribution < -0.4 is 0 Å². The number of hydrogen-bond acceptors (Lipinski definition) is 4. The first-order valence-corrected chi connectivity index (χ1v) is 6.78. The zero-order chi connectivity index (χ0) is 14.4. The van der Waals surface area contributed by atoms with Crippen molar-refractivity contribution in [3.8, 4) is 0 Å². The van der Waals surface area contributed by atoms with E-state index in [0.717, 1.165) is 11.8 Å². The molecule has 2 atom stereocenters. The van der Waals surface area contributed by atoms with Crippen molar-refractivity contribution in [2.24, 2.45) is 0 Å². The third kappa shape index (κ3) is 4.89. The van der Waals surface area contributed by atoms with Crippen molar-refractivity contribution in [3.05, 3.63) is 35.4 Å². The molecule has 2 N–H and O–H groups in total. The second-order valence-electron chi connectivity index (χ2n) is 4.07. The lowest BCUT2D eigenvalue weighted by Crippen LogP contribution is -2.20. The third-order valence-corrected chi connectivity index (χ3v) is 3.48. The van der Waals surface area contributed by atoms with E-state index in [2.05, 4.69) is 0 Å². The first-order valence-electron chi connectivity index (χ1n) is 5.80. The van der Waals surface area contributed by atoms with Crippen molar-refractivity contribution in [2.45, 2.75) is 32.0 Å². The van der Waals surface area contributed by atoms with Gasteiger partial charge >= 0.3 is 0 Å². The van der Waals surface area contributed by atoms with Crippen LogP contribution in [0.4, 0.5) is 8.78 Å². The van der Waals surface area contributed by atoms with Crippen LogP contribution in [0, 0.1) is 0 Å². The Kier molecular flexibility index (Phi) is 6.41. The number of thioether (sulfide) groups is 1. The van der Waals surface area contributed by atoms with Crippen LogP contribution in [0.3, 0.4) is 0 Å². The van der Waals surface area contributed by atoms with Gasteiger partial charge in [-0.25, -0.2) is 8.78 Å². The molecule has 0 radical (unpaired) electrons. The SMILES string of the molecule is CC(=O)SCCC(O)C(O)c1ccccc1C(F)F. The standard InChI is InChI=1S/C13H16F2O3S/c1-8(16)19-7-6-11(17)12(18)9-4-2-3-5-10(9)13(14)15/h2-5,11-13,17-18H,6-7H2,1H3. The highest BCUT2D eigenvalue weighted by Gasteiger charge is 2.23. The summed E-state index contributed by atoms with van der Waals surface area (Å²) in [7, 11) is 0. The van der Waals surface area contributed by atoms with E-state index in [1.165, 1.54) is 31.2 Å². The lowest BCUT2D eigenvalue weighted by Gasteiger charge is -2.20. The predicted octanol–water partition coefficient (Wildman–Crippen LogP) is 2.69. The van der Waals surface area contributed by atoms with E-state index in [1.807, 2.05) is 0 Å². The molecule has 0 amide bonds. The van der Waals surface area contributed by atoms with Gasteiger partial charge < -0.3 is 10.2 Å². The second-order valence-corrected chi connectivity index (χ2v) is 5.34. The van der Waals surface area contributed by atoms with Crippen LogP contribution in [0.25, 0.3) is 0 Å². The fraction of sp³-hybridized carbons (Fsp3) is 0.462. The van der Waals surface area contributed by atoms with Gasteiger partial charge in [-0.1, -0.05) is 36.0 Å². The molecule has 0 aliphatic rings. The fourth-order valence-corrected chi connectivity index (χ4v) is 2.31. The van der Waals surface area contributed by atoms with Crippen LogP contribution in [0.5, 0.6) is 0 Å². The first-order chi connectivity index (χ1) is 8.93. The maximum Gasteiger partial charge on any atom is 0.264 e. The summed E-state index contributed by atoms with van der Waals surface area (Å²) in [6.07, 6.45) is -5.10. The van der Waals surface area contributed by atoms with Gasteiger partial charge in [0.2, 0.25) is 0 Å². The minimum Gasteiger partial charge on any atom is -0.390 e. The highest BCUT2D eigenvalue weighted by Crippen LogP contribution is 2.29. The van der Waals surface area contributed by atoms with Gasteiger partial charge in [-0.2, -0.15) is 0 Å². The predicted molar refractivity (Wildman–Crippen MR) is 70.1 cm³/mol. The zero-order valence-electron chi connectivity index (χ0n) is 10.4. The van der Waals surface area contributed by atoms with E-state index in [4.69, 9.17) is 0 Å². The Morgan fingerprint density at radius 2 is 1.84 bits per heavy atom. The summed E-state index contributed by atoms with van der Waals surface area (Å²) >= 11 is 1.02. The summed E-state index contributed by atoms with van der Waals surface area (Å²) in [6, 6.07) is 5.57. The van der Waals surface area contributed by atoms with E-state index in [9.17, 15) is 23.8 Å². The number of benzene rings is 1. The molecule has 6 heteroatoms. The minimum atomic E-state index is -2.70. The van der Waals surface area contributed by atoms with Gasteiger partial charge in [0.25, 0.3) is 6.43 Å². The van der Waals surface area contributed by atoms with Crippen molar-refractivity contribution in [1.29, 1.82) is 0 Å². The van der Waals surface area contributed by atoms with E-state index in [1.54, 1.807) is 0 Å². The van der Waals surface area contributed by atoms with Crippen LogP contribution in [0.2, 0.25) is 0 Å². The number of halogens is 2. The average Bonchev–Trinajstić information content (AvgIpc) is 2.37. The Morgan fingerprint density at radius 1 is 1.26 bits per heavy atom. The molecule has 0 aliphatic carbocycles. The molecule has 1 aromatic rings. The Bertz CT molecular complexity index is 426. The molecular weight excluding hydrogens is 274 g/mol. The molecule has 3 nitrogen and oxygen atoms in total. The fourth-order valence-electron chi connectivity index (χ4n) is 1.67. The molecule has 0 bridgehead atoms. The van der Waals surface area contributed by atoms with Crippen LogP contribution in [-0.2, 0) is 4.79 Å². The molecule has 0 spiro atoms. The summed E-state index contributed by atoms with van der Waals surface area (Å²) in [4.78, 5) is 10.7. The number of alkyl halides is 2. The van der Waals surface area contributed by atoms with Crippen molar-refractivity contribution in [3.63, 3.8) is 0 Å². The summed E-state index contributed by atoms with van der Waals surface area (Å²) < 4.78 is 25.5. The quantitative estimate of drug-likeness (QED) is 0.845. The Hall–Kier alpha value is -0.980. The number of aliphatic hydroxyl groups excluding tert-OH is 2. The monoisotopic (exact) mass is 290 g/mol. The molecular formula is C13H16F2O3S. The van der Waals surface area contributed by atoms with E-state index in [0.29, 0.717) is 5.75 Å². The third-order valence-electron chi connectivity index (χ3n) is 2.63. The number of hydrogen-bond donors (Lipinski definition) is 2. The minimum absolute atomic E-state index is 0.0258. The first kappa shape index (κ1) is 16.1. The lowest BCUT2D eigenvalue weighted by atomic mass is 9.97. The Balaban J connectivity index is 2.71. The van der Waals surface area contributed by atoms with Crippen molar-refractivity contribution >= 4 is 16.9 Å². The average molecular weight is 290 g/mol. The van der Waals surface area contributed by atoms with E-state index >= 15 is 0 Å². The van der Waals surface area contributed by atoms with Gasteiger partial charge in [-0.05, 0) is 12.0 Å². The number of rotatable bonds is 6. The van der Waals surface area contributed by atoms with E-state index < -0.39 is 18.6 Å². The Labute approximate surface area is 114 Å². The summed E-state index contributed by atoms with van der Waals surface area (Å²) in [6.45, 7) is 1.40.